The minimum absolute atomic E-state index is 0.0728. The van der Waals surface area contributed by atoms with Gasteiger partial charge in [0.15, 0.2) is 0 Å². The van der Waals surface area contributed by atoms with Gasteiger partial charge < -0.3 is 29.7 Å². The normalized spacial score (nSPS) is 16.6. The number of carbonyl (C=O) groups is 4. The first-order valence-corrected chi connectivity index (χ1v) is 18.4. The van der Waals surface area contributed by atoms with Crippen molar-refractivity contribution >= 4 is 52.5 Å². The molecular formula is C36H49N3O7S2. The van der Waals surface area contributed by atoms with E-state index in [1.54, 1.807) is 36.6 Å². The van der Waals surface area contributed by atoms with Crippen LogP contribution in [0.15, 0.2) is 61.2 Å². The van der Waals surface area contributed by atoms with E-state index < -0.39 is 29.0 Å². The van der Waals surface area contributed by atoms with E-state index in [0.717, 1.165) is 22.9 Å². The summed E-state index contributed by atoms with van der Waals surface area (Å²) in [5.41, 5.74) is 2.33. The van der Waals surface area contributed by atoms with Gasteiger partial charge in [0.25, 0.3) is 5.91 Å². The molecule has 2 aromatic rings. The second kappa shape index (κ2) is 18.8. The topological polar surface area (TPSA) is 123 Å². The van der Waals surface area contributed by atoms with Gasteiger partial charge in [-0.1, -0.05) is 49.1 Å². The van der Waals surface area contributed by atoms with Crippen LogP contribution >= 0.6 is 23.5 Å². The first-order valence-electron chi connectivity index (χ1n) is 16.1. The minimum Gasteiger partial charge on any atom is -0.461 e. The van der Waals surface area contributed by atoms with Gasteiger partial charge in [-0.05, 0) is 101 Å². The highest BCUT2D eigenvalue weighted by atomic mass is 32.2. The quantitative estimate of drug-likeness (QED) is 0.115. The Morgan fingerprint density at radius 2 is 1.83 bits per heavy atom. The highest BCUT2D eigenvalue weighted by Crippen LogP contribution is 2.31. The van der Waals surface area contributed by atoms with Crippen LogP contribution in [-0.2, 0) is 25.4 Å². The van der Waals surface area contributed by atoms with Crippen molar-refractivity contribution < 1.29 is 33.4 Å². The maximum Gasteiger partial charge on any atom is 0.410 e. The summed E-state index contributed by atoms with van der Waals surface area (Å²) in [7, 11) is 0. The zero-order valence-corrected chi connectivity index (χ0v) is 30.4. The Morgan fingerprint density at radius 3 is 2.48 bits per heavy atom. The van der Waals surface area contributed by atoms with Crippen LogP contribution in [-0.4, -0.2) is 88.9 Å². The molecule has 262 valence electrons. The molecule has 3 rings (SSSR count). The van der Waals surface area contributed by atoms with Crippen LogP contribution in [0.1, 0.15) is 68.9 Å². The van der Waals surface area contributed by atoms with Crippen molar-refractivity contribution in [2.75, 3.05) is 37.0 Å². The number of likely N-dealkylation sites (tertiary alicyclic amines) is 1. The Morgan fingerprint density at radius 1 is 1.10 bits per heavy atom. The summed E-state index contributed by atoms with van der Waals surface area (Å²) in [6.45, 7) is 13.4. The van der Waals surface area contributed by atoms with Crippen molar-refractivity contribution in [3.8, 4) is 0 Å². The van der Waals surface area contributed by atoms with Crippen molar-refractivity contribution in [1.29, 1.82) is 0 Å². The summed E-state index contributed by atoms with van der Waals surface area (Å²) in [6.07, 6.45) is 4.15. The number of rotatable bonds is 15. The summed E-state index contributed by atoms with van der Waals surface area (Å²) in [5.74, 6) is -0.160. The molecule has 48 heavy (non-hydrogen) atoms. The number of esters is 1. The third kappa shape index (κ3) is 12.8. The van der Waals surface area contributed by atoms with E-state index in [0.29, 0.717) is 49.4 Å². The van der Waals surface area contributed by atoms with Gasteiger partial charge in [0, 0.05) is 29.6 Å². The van der Waals surface area contributed by atoms with Crippen LogP contribution in [0.25, 0.3) is 0 Å². The molecule has 1 saturated heterocycles. The van der Waals surface area contributed by atoms with Crippen molar-refractivity contribution in [2.24, 2.45) is 0 Å². The molecule has 0 unspecified atom stereocenters. The number of anilines is 1. The van der Waals surface area contributed by atoms with E-state index >= 15 is 0 Å². The lowest BCUT2D eigenvalue weighted by Gasteiger charge is -2.24. The Balaban J connectivity index is 1.84. The van der Waals surface area contributed by atoms with Gasteiger partial charge in [-0.15, -0.1) is 0 Å². The summed E-state index contributed by atoms with van der Waals surface area (Å²) < 4.78 is 16.3. The molecule has 1 aliphatic rings. The SMILES string of the molecule is C=CCOC(=O)N1C[C@@H](SC(=O)OC(C)(C)C)C[C@H]1CNc1ccc(Cc2ccccc2)c(C(=O)N[C@@H](CCSC)C(=O)OC(C)C)c1. The first kappa shape index (κ1) is 38.8. The average molecular weight is 700 g/mol. The number of benzene rings is 2. The van der Waals surface area contributed by atoms with E-state index in [1.807, 2.05) is 69.5 Å². The first-order chi connectivity index (χ1) is 22.8. The summed E-state index contributed by atoms with van der Waals surface area (Å²) >= 11 is 2.67. The number of ether oxygens (including phenoxy) is 3. The fourth-order valence-corrected chi connectivity index (χ4v) is 6.73. The molecule has 0 aromatic heterocycles. The fourth-order valence-electron chi connectivity index (χ4n) is 5.14. The number of amides is 2. The van der Waals surface area contributed by atoms with Gasteiger partial charge in [0.05, 0.1) is 12.1 Å². The third-order valence-electron chi connectivity index (χ3n) is 7.27. The monoisotopic (exact) mass is 699 g/mol. The predicted molar refractivity (Wildman–Crippen MR) is 194 cm³/mol. The van der Waals surface area contributed by atoms with Gasteiger partial charge >= 0.3 is 17.4 Å². The number of hydrogen-bond donors (Lipinski definition) is 2. The number of nitrogens with one attached hydrogen (secondary N) is 2. The third-order valence-corrected chi connectivity index (χ3v) is 8.87. The predicted octanol–water partition coefficient (Wildman–Crippen LogP) is 6.93. The Kier molecular flexibility index (Phi) is 15.2. The maximum absolute atomic E-state index is 13.8. The van der Waals surface area contributed by atoms with Gasteiger partial charge in [0.1, 0.15) is 18.2 Å². The van der Waals surface area contributed by atoms with Crippen LogP contribution in [0.3, 0.4) is 0 Å². The summed E-state index contributed by atoms with van der Waals surface area (Å²) in [6, 6.07) is 14.3. The Bertz CT molecular complexity index is 1400. The maximum atomic E-state index is 13.8. The molecule has 0 spiro atoms. The van der Waals surface area contributed by atoms with E-state index in [1.165, 1.54) is 6.08 Å². The van der Waals surface area contributed by atoms with Gasteiger partial charge in [-0.25, -0.2) is 14.4 Å². The van der Waals surface area contributed by atoms with E-state index in [4.69, 9.17) is 14.2 Å². The number of thioether (sulfide) groups is 2. The second-order valence-electron chi connectivity index (χ2n) is 12.8. The molecule has 0 radical (unpaired) electrons. The Labute approximate surface area is 293 Å². The molecule has 1 aliphatic heterocycles. The molecule has 1 heterocycles. The van der Waals surface area contributed by atoms with Crippen LogP contribution in [0.2, 0.25) is 0 Å². The van der Waals surface area contributed by atoms with Gasteiger partial charge in [0.2, 0.25) is 0 Å². The largest absolute Gasteiger partial charge is 0.461 e. The lowest BCUT2D eigenvalue weighted by Crippen LogP contribution is -2.43. The summed E-state index contributed by atoms with van der Waals surface area (Å²) in [5, 5.41) is 5.75. The van der Waals surface area contributed by atoms with Crippen LogP contribution in [0, 0.1) is 0 Å². The van der Waals surface area contributed by atoms with Crippen molar-refractivity contribution in [3.63, 3.8) is 0 Å². The van der Waals surface area contributed by atoms with Crippen LogP contribution in [0.4, 0.5) is 15.3 Å². The molecular weight excluding hydrogens is 651 g/mol. The molecule has 1 fully saturated rings. The van der Waals surface area contributed by atoms with Crippen LogP contribution in [0.5, 0.6) is 0 Å². The molecule has 3 atom stereocenters. The van der Waals surface area contributed by atoms with Crippen molar-refractivity contribution in [2.45, 2.75) is 82.9 Å². The van der Waals surface area contributed by atoms with Gasteiger partial charge in [-0.3, -0.25) is 4.79 Å². The van der Waals surface area contributed by atoms with E-state index in [9.17, 15) is 19.2 Å². The Hall–Kier alpha value is -3.64. The fraction of sp³-hybridized carbons (Fsp3) is 0.500. The zero-order chi connectivity index (χ0) is 35.3. The smallest absolute Gasteiger partial charge is 0.410 e. The van der Waals surface area contributed by atoms with E-state index in [2.05, 4.69) is 17.2 Å². The van der Waals surface area contributed by atoms with E-state index in [-0.39, 0.29) is 29.9 Å². The molecule has 2 aromatic carbocycles. The molecule has 0 bridgehead atoms. The minimum atomic E-state index is -0.790. The number of carbonyl (C=O) groups excluding carboxylic acids is 4. The lowest BCUT2D eigenvalue weighted by molar-refractivity contribution is -0.149. The number of hydrogen-bond acceptors (Lipinski definition) is 10. The molecule has 12 heteroatoms. The lowest BCUT2D eigenvalue weighted by atomic mass is 9.98. The highest BCUT2D eigenvalue weighted by Gasteiger charge is 2.38. The second-order valence-corrected chi connectivity index (χ2v) is 15.0. The molecule has 0 saturated carbocycles. The average Bonchev–Trinajstić information content (AvgIpc) is 3.42. The van der Waals surface area contributed by atoms with Crippen molar-refractivity contribution in [1.82, 2.24) is 10.2 Å². The molecule has 2 N–H and O–H groups in total. The molecule has 10 nitrogen and oxygen atoms in total. The highest BCUT2D eigenvalue weighted by molar-refractivity contribution is 8.13. The molecule has 0 aliphatic carbocycles. The molecule has 2 amide bonds. The summed E-state index contributed by atoms with van der Waals surface area (Å²) in [4.78, 5) is 53.9. The number of nitrogens with zero attached hydrogens (tertiary/aromatic N) is 1. The zero-order valence-electron chi connectivity index (χ0n) is 28.8. The van der Waals surface area contributed by atoms with Crippen LogP contribution < -0.4 is 10.6 Å². The van der Waals surface area contributed by atoms with Crippen molar-refractivity contribution in [3.05, 3.63) is 77.9 Å². The standard InChI is InChI=1S/C36H49N3O7S2/c1-8-17-44-34(42)39-23-29(48-35(43)46-36(4,5)6)21-28(39)22-37-27-15-14-26(19-25-12-10-9-11-13-25)30(20-27)32(40)38-31(16-18-47-7)33(41)45-24(2)3/h8-15,20,24,28-29,31,37H,1,16-19,21-23H2,2-7H3,(H,38,40)/t28-,29-,31-/m0/s1. The van der Waals surface area contributed by atoms with Gasteiger partial charge in [-0.2, -0.15) is 11.8 Å².